The van der Waals surface area contributed by atoms with E-state index in [9.17, 15) is 14.4 Å². The van der Waals surface area contributed by atoms with Crippen LogP contribution in [0.15, 0.2) is 0 Å². The molecule has 0 aromatic rings. The minimum absolute atomic E-state index is 0.0946. The number of hydrogen-bond acceptors (Lipinski definition) is 4. The van der Waals surface area contributed by atoms with Crippen molar-refractivity contribution in [3.05, 3.63) is 0 Å². The Morgan fingerprint density at radius 3 is 2.80 bits per heavy atom. The summed E-state index contributed by atoms with van der Waals surface area (Å²) in [6.07, 6.45) is 0.690. The van der Waals surface area contributed by atoms with E-state index in [4.69, 9.17) is 4.74 Å². The fraction of sp³-hybridized carbons (Fsp3) is 0.769. The third-order valence-electron chi connectivity index (χ3n) is 3.08. The smallest absolute Gasteiger partial charge is 0.308 e. The van der Waals surface area contributed by atoms with Crippen molar-refractivity contribution in [3.8, 4) is 0 Å². The first-order chi connectivity index (χ1) is 9.45. The number of amides is 2. The van der Waals surface area contributed by atoms with Crippen molar-refractivity contribution in [2.75, 3.05) is 25.0 Å². The highest BCUT2D eigenvalue weighted by atomic mass is 79.9. The average Bonchev–Trinajstić information content (AvgIpc) is 2.39. The van der Waals surface area contributed by atoms with Gasteiger partial charge in [0.05, 0.1) is 18.4 Å². The molecular weight excluding hydrogens is 328 g/mol. The van der Waals surface area contributed by atoms with Crippen molar-refractivity contribution in [2.45, 2.75) is 32.7 Å². The van der Waals surface area contributed by atoms with Crippen LogP contribution in [0, 0.1) is 5.92 Å². The number of nitrogens with one attached hydrogen (secondary N) is 1. The predicted octanol–water partition coefficient (Wildman–Crippen LogP) is 0.688. The Labute approximate surface area is 127 Å². The van der Waals surface area contributed by atoms with Crippen molar-refractivity contribution >= 4 is 33.7 Å². The first-order valence-corrected chi connectivity index (χ1v) is 7.86. The Balaban J connectivity index is 2.54. The summed E-state index contributed by atoms with van der Waals surface area (Å²) in [5, 5.41) is 2.80. The Bertz CT molecular complexity index is 373. The topological polar surface area (TPSA) is 75.7 Å². The number of alkyl halides is 1. The van der Waals surface area contributed by atoms with Crippen molar-refractivity contribution in [3.63, 3.8) is 0 Å². The van der Waals surface area contributed by atoms with Crippen molar-refractivity contribution < 1.29 is 19.1 Å². The van der Waals surface area contributed by atoms with Crippen molar-refractivity contribution in [1.82, 2.24) is 10.2 Å². The lowest BCUT2D eigenvalue weighted by molar-refractivity contribution is -0.151. The lowest BCUT2D eigenvalue weighted by Gasteiger charge is -2.34. The van der Waals surface area contributed by atoms with E-state index in [0.717, 1.165) is 6.42 Å². The second-order valence-corrected chi connectivity index (χ2v) is 5.70. The van der Waals surface area contributed by atoms with E-state index in [1.54, 1.807) is 0 Å². The molecule has 0 unspecified atom stereocenters. The van der Waals surface area contributed by atoms with Gasteiger partial charge in [0.2, 0.25) is 11.8 Å². The van der Waals surface area contributed by atoms with Gasteiger partial charge in [0.25, 0.3) is 0 Å². The predicted molar refractivity (Wildman–Crippen MR) is 77.3 cm³/mol. The van der Waals surface area contributed by atoms with Crippen LogP contribution in [0.5, 0.6) is 0 Å². The maximum Gasteiger partial charge on any atom is 0.308 e. The Morgan fingerprint density at radius 1 is 1.50 bits per heavy atom. The SMILES string of the molecule is CC(C)CCOC(=O)C[C@@H]1C(=O)NCCN1C(=O)CBr. The summed E-state index contributed by atoms with van der Waals surface area (Å²) in [6, 6.07) is -0.764. The number of carbonyl (C=O) groups is 3. The number of hydrogen-bond donors (Lipinski definition) is 1. The van der Waals surface area contributed by atoms with Gasteiger partial charge in [0.15, 0.2) is 0 Å². The fourth-order valence-corrected chi connectivity index (χ4v) is 2.24. The van der Waals surface area contributed by atoms with Gasteiger partial charge < -0.3 is 15.0 Å². The van der Waals surface area contributed by atoms with Gasteiger partial charge in [-0.2, -0.15) is 0 Å². The number of ether oxygens (including phenoxy) is 1. The van der Waals surface area contributed by atoms with Crippen LogP contribution in [0.1, 0.15) is 26.7 Å². The molecule has 0 saturated carbocycles. The molecule has 1 aliphatic heterocycles. The van der Waals surface area contributed by atoms with Crippen LogP contribution in [-0.2, 0) is 19.1 Å². The Kier molecular flexibility index (Phi) is 6.98. The van der Waals surface area contributed by atoms with E-state index in [0.29, 0.717) is 25.6 Å². The fourth-order valence-electron chi connectivity index (χ4n) is 1.92. The van der Waals surface area contributed by atoms with Gasteiger partial charge >= 0.3 is 5.97 Å². The van der Waals surface area contributed by atoms with Gasteiger partial charge in [0.1, 0.15) is 6.04 Å². The van der Waals surface area contributed by atoms with E-state index in [-0.39, 0.29) is 23.6 Å². The highest BCUT2D eigenvalue weighted by Gasteiger charge is 2.34. The second kappa shape index (κ2) is 8.24. The van der Waals surface area contributed by atoms with E-state index in [1.807, 2.05) is 13.8 Å². The highest BCUT2D eigenvalue weighted by molar-refractivity contribution is 9.09. The molecule has 1 aliphatic rings. The van der Waals surface area contributed by atoms with Gasteiger partial charge in [-0.3, -0.25) is 14.4 Å². The minimum atomic E-state index is -0.764. The van der Waals surface area contributed by atoms with Crippen molar-refractivity contribution in [2.24, 2.45) is 5.92 Å². The summed E-state index contributed by atoms with van der Waals surface area (Å²) < 4.78 is 5.10. The number of halogens is 1. The number of rotatable bonds is 6. The first kappa shape index (κ1) is 16.9. The van der Waals surface area contributed by atoms with Gasteiger partial charge in [-0.1, -0.05) is 29.8 Å². The van der Waals surface area contributed by atoms with E-state index in [2.05, 4.69) is 21.2 Å². The van der Waals surface area contributed by atoms with Gasteiger partial charge in [-0.05, 0) is 12.3 Å². The van der Waals surface area contributed by atoms with Gasteiger partial charge in [-0.25, -0.2) is 0 Å². The molecule has 20 heavy (non-hydrogen) atoms. The zero-order chi connectivity index (χ0) is 15.1. The first-order valence-electron chi connectivity index (χ1n) is 6.74. The molecule has 0 spiro atoms. The Hall–Kier alpha value is -1.11. The summed E-state index contributed by atoms with van der Waals surface area (Å²) >= 11 is 3.08. The molecule has 0 aromatic carbocycles. The van der Waals surface area contributed by atoms with Crippen LogP contribution in [0.4, 0.5) is 0 Å². The number of esters is 1. The molecule has 114 valence electrons. The molecule has 1 atom stereocenters. The molecule has 1 fully saturated rings. The lowest BCUT2D eigenvalue weighted by atomic mass is 10.1. The van der Waals surface area contributed by atoms with E-state index < -0.39 is 12.0 Å². The summed E-state index contributed by atoms with van der Waals surface area (Å²) in [4.78, 5) is 36.7. The van der Waals surface area contributed by atoms with Crippen molar-refractivity contribution in [1.29, 1.82) is 0 Å². The molecule has 1 rings (SSSR count). The summed E-state index contributed by atoms with van der Waals surface area (Å²) in [5.74, 6) is -0.487. The summed E-state index contributed by atoms with van der Waals surface area (Å²) in [6.45, 7) is 5.26. The maximum atomic E-state index is 11.8. The molecule has 7 heteroatoms. The second-order valence-electron chi connectivity index (χ2n) is 5.13. The van der Waals surface area contributed by atoms with Crippen LogP contribution in [0.2, 0.25) is 0 Å². The van der Waals surface area contributed by atoms with Crippen LogP contribution in [0.25, 0.3) is 0 Å². The normalized spacial score (nSPS) is 18.9. The average molecular weight is 349 g/mol. The largest absolute Gasteiger partial charge is 0.466 e. The Morgan fingerprint density at radius 2 is 2.20 bits per heavy atom. The van der Waals surface area contributed by atoms with Gasteiger partial charge in [-0.15, -0.1) is 0 Å². The third kappa shape index (κ3) is 5.11. The molecule has 1 saturated heterocycles. The highest BCUT2D eigenvalue weighted by Crippen LogP contribution is 2.11. The molecule has 0 aliphatic carbocycles. The molecule has 1 heterocycles. The lowest BCUT2D eigenvalue weighted by Crippen LogP contribution is -2.58. The summed E-state index contributed by atoms with van der Waals surface area (Å²) in [5.41, 5.74) is 0. The monoisotopic (exact) mass is 348 g/mol. The van der Waals surface area contributed by atoms with Crippen LogP contribution < -0.4 is 5.32 Å². The zero-order valence-corrected chi connectivity index (χ0v) is 13.4. The number of piperazine rings is 1. The van der Waals surface area contributed by atoms with E-state index >= 15 is 0 Å². The van der Waals surface area contributed by atoms with Crippen LogP contribution in [-0.4, -0.2) is 53.8 Å². The molecule has 1 N–H and O–H groups in total. The molecule has 0 radical (unpaired) electrons. The molecule has 2 amide bonds. The number of carbonyl (C=O) groups excluding carboxylic acids is 3. The molecular formula is C13H21BrN2O4. The van der Waals surface area contributed by atoms with Crippen LogP contribution >= 0.6 is 15.9 Å². The molecule has 6 nitrogen and oxygen atoms in total. The molecule has 0 aromatic heterocycles. The van der Waals surface area contributed by atoms with Gasteiger partial charge in [0, 0.05) is 13.1 Å². The van der Waals surface area contributed by atoms with Crippen LogP contribution in [0.3, 0.4) is 0 Å². The molecule has 0 bridgehead atoms. The third-order valence-corrected chi connectivity index (χ3v) is 3.56. The zero-order valence-electron chi connectivity index (χ0n) is 11.9. The summed E-state index contributed by atoms with van der Waals surface area (Å²) in [7, 11) is 0. The standard InChI is InChI=1S/C13H21BrN2O4/c1-9(2)3-6-20-12(18)7-10-13(19)15-4-5-16(10)11(17)8-14/h9-10H,3-8H2,1-2H3,(H,15,19)/t10-/m1/s1. The number of nitrogens with zero attached hydrogens (tertiary/aromatic N) is 1. The maximum absolute atomic E-state index is 11.8. The quantitative estimate of drug-likeness (QED) is 0.566. The van der Waals surface area contributed by atoms with E-state index in [1.165, 1.54) is 4.90 Å². The minimum Gasteiger partial charge on any atom is -0.466 e.